The van der Waals surface area contributed by atoms with Gasteiger partial charge in [0.1, 0.15) is 12.2 Å². The van der Waals surface area contributed by atoms with Crippen molar-refractivity contribution in [3.63, 3.8) is 0 Å². The number of aryl methyl sites for hydroxylation is 1. The SMILES string of the molecule is C#CCNC(=O)C(C)NCc1nncn1C. The lowest BCUT2D eigenvalue weighted by Gasteiger charge is -2.12. The molecule has 16 heavy (non-hydrogen) atoms. The quantitative estimate of drug-likeness (QED) is 0.628. The van der Waals surface area contributed by atoms with E-state index in [1.54, 1.807) is 17.8 Å². The van der Waals surface area contributed by atoms with E-state index >= 15 is 0 Å². The second kappa shape index (κ2) is 5.88. The molecule has 0 spiro atoms. The number of hydrogen-bond donors (Lipinski definition) is 2. The van der Waals surface area contributed by atoms with E-state index in [1.165, 1.54) is 0 Å². The molecule has 1 rings (SSSR count). The Labute approximate surface area is 94.4 Å². The van der Waals surface area contributed by atoms with Gasteiger partial charge in [0.2, 0.25) is 5.91 Å². The number of hydrogen-bond acceptors (Lipinski definition) is 4. The zero-order valence-corrected chi connectivity index (χ0v) is 9.40. The van der Waals surface area contributed by atoms with Crippen LogP contribution in [0.3, 0.4) is 0 Å². The minimum atomic E-state index is -0.315. The smallest absolute Gasteiger partial charge is 0.237 e. The molecule has 0 aliphatic heterocycles. The Hall–Kier alpha value is -1.87. The minimum absolute atomic E-state index is 0.125. The fraction of sp³-hybridized carbons (Fsp3) is 0.500. The highest BCUT2D eigenvalue weighted by Gasteiger charge is 2.11. The van der Waals surface area contributed by atoms with Crippen molar-refractivity contribution < 1.29 is 4.79 Å². The van der Waals surface area contributed by atoms with Gasteiger partial charge in [-0.15, -0.1) is 16.6 Å². The molecule has 0 saturated carbocycles. The lowest BCUT2D eigenvalue weighted by Crippen LogP contribution is -2.42. The third-order valence-electron chi connectivity index (χ3n) is 2.13. The first kappa shape index (κ1) is 12.2. The normalized spacial score (nSPS) is 11.8. The molecule has 0 aromatic carbocycles. The predicted molar refractivity (Wildman–Crippen MR) is 59.1 cm³/mol. The van der Waals surface area contributed by atoms with Crippen molar-refractivity contribution in [1.82, 2.24) is 25.4 Å². The molecule has 1 aromatic heterocycles. The van der Waals surface area contributed by atoms with Crippen LogP contribution >= 0.6 is 0 Å². The summed E-state index contributed by atoms with van der Waals surface area (Å²) in [5.74, 6) is 3.00. The van der Waals surface area contributed by atoms with E-state index in [4.69, 9.17) is 6.42 Å². The van der Waals surface area contributed by atoms with Gasteiger partial charge in [0.15, 0.2) is 0 Å². The molecule has 0 aliphatic rings. The topological polar surface area (TPSA) is 71.8 Å². The van der Waals surface area contributed by atoms with Crippen LogP contribution in [0.25, 0.3) is 0 Å². The maximum atomic E-state index is 11.4. The van der Waals surface area contributed by atoms with Gasteiger partial charge in [-0.05, 0) is 6.92 Å². The van der Waals surface area contributed by atoms with Gasteiger partial charge in [0, 0.05) is 7.05 Å². The van der Waals surface area contributed by atoms with Crippen LogP contribution in [0.2, 0.25) is 0 Å². The van der Waals surface area contributed by atoms with Crippen LogP contribution < -0.4 is 10.6 Å². The Morgan fingerprint density at radius 2 is 2.50 bits per heavy atom. The maximum absolute atomic E-state index is 11.4. The first-order chi connectivity index (χ1) is 7.65. The third kappa shape index (κ3) is 3.37. The highest BCUT2D eigenvalue weighted by Crippen LogP contribution is 1.92. The average molecular weight is 221 g/mol. The summed E-state index contributed by atoms with van der Waals surface area (Å²) in [6.45, 7) is 2.50. The summed E-state index contributed by atoms with van der Waals surface area (Å²) in [5, 5.41) is 13.3. The van der Waals surface area contributed by atoms with E-state index in [0.717, 1.165) is 5.82 Å². The molecule has 0 saturated heterocycles. The molecular formula is C10H15N5O. The standard InChI is InChI=1S/C10H15N5O/c1-4-5-11-10(16)8(2)12-6-9-14-13-7-15(9)3/h1,7-8,12H,5-6H2,2-3H3,(H,11,16). The van der Waals surface area contributed by atoms with Crippen LogP contribution in [0, 0.1) is 12.3 Å². The molecule has 6 heteroatoms. The van der Waals surface area contributed by atoms with Crippen LogP contribution in [-0.4, -0.2) is 33.3 Å². The second-order valence-corrected chi connectivity index (χ2v) is 3.38. The molecule has 1 aromatic rings. The average Bonchev–Trinajstić information content (AvgIpc) is 2.68. The fourth-order valence-electron chi connectivity index (χ4n) is 1.10. The number of amides is 1. The summed E-state index contributed by atoms with van der Waals surface area (Å²) in [7, 11) is 1.85. The van der Waals surface area contributed by atoms with E-state index in [2.05, 4.69) is 26.8 Å². The molecule has 6 nitrogen and oxygen atoms in total. The zero-order valence-electron chi connectivity index (χ0n) is 9.40. The van der Waals surface area contributed by atoms with Gasteiger partial charge in [0.25, 0.3) is 0 Å². The predicted octanol–water partition coefficient (Wildman–Crippen LogP) is -0.957. The molecule has 0 bridgehead atoms. The van der Waals surface area contributed by atoms with E-state index in [9.17, 15) is 4.79 Å². The Kier molecular flexibility index (Phi) is 4.48. The van der Waals surface area contributed by atoms with Gasteiger partial charge in [0.05, 0.1) is 19.1 Å². The molecule has 1 amide bonds. The summed E-state index contributed by atoms with van der Waals surface area (Å²) in [5.41, 5.74) is 0. The van der Waals surface area contributed by atoms with Gasteiger partial charge in [-0.2, -0.15) is 0 Å². The van der Waals surface area contributed by atoms with Crippen molar-refractivity contribution in [1.29, 1.82) is 0 Å². The Bertz CT molecular complexity index is 392. The summed E-state index contributed by atoms with van der Waals surface area (Å²) in [4.78, 5) is 11.4. The van der Waals surface area contributed by atoms with E-state index in [0.29, 0.717) is 6.54 Å². The first-order valence-electron chi connectivity index (χ1n) is 4.92. The zero-order chi connectivity index (χ0) is 12.0. The molecular weight excluding hydrogens is 206 g/mol. The first-order valence-corrected chi connectivity index (χ1v) is 4.92. The summed E-state index contributed by atoms with van der Waals surface area (Å²) in [6, 6.07) is -0.315. The molecule has 1 unspecified atom stereocenters. The molecule has 0 radical (unpaired) electrons. The van der Waals surface area contributed by atoms with Gasteiger partial charge in [-0.1, -0.05) is 5.92 Å². The largest absolute Gasteiger partial charge is 0.344 e. The number of terminal acetylenes is 1. The van der Waals surface area contributed by atoms with Crippen LogP contribution in [0.4, 0.5) is 0 Å². The van der Waals surface area contributed by atoms with Crippen molar-refractivity contribution in [2.24, 2.45) is 7.05 Å². The van der Waals surface area contributed by atoms with Gasteiger partial charge in [-0.3, -0.25) is 10.1 Å². The van der Waals surface area contributed by atoms with E-state index < -0.39 is 0 Å². The number of nitrogens with zero attached hydrogens (tertiary/aromatic N) is 3. The fourth-order valence-corrected chi connectivity index (χ4v) is 1.10. The molecule has 86 valence electrons. The number of rotatable bonds is 5. The van der Waals surface area contributed by atoms with Crippen molar-refractivity contribution in [3.8, 4) is 12.3 Å². The van der Waals surface area contributed by atoms with Crippen molar-refractivity contribution in [2.75, 3.05) is 6.54 Å². The van der Waals surface area contributed by atoms with Crippen LogP contribution in [-0.2, 0) is 18.4 Å². The van der Waals surface area contributed by atoms with E-state index in [1.807, 2.05) is 7.05 Å². The summed E-state index contributed by atoms with van der Waals surface area (Å²) >= 11 is 0. The maximum Gasteiger partial charge on any atom is 0.237 e. The minimum Gasteiger partial charge on any atom is -0.344 e. The van der Waals surface area contributed by atoms with Crippen molar-refractivity contribution >= 4 is 5.91 Å². The number of aromatic nitrogens is 3. The Morgan fingerprint density at radius 1 is 1.75 bits per heavy atom. The van der Waals surface area contributed by atoms with Gasteiger partial charge in [-0.25, -0.2) is 0 Å². The third-order valence-corrected chi connectivity index (χ3v) is 2.13. The number of nitrogens with one attached hydrogen (secondary N) is 2. The summed E-state index contributed by atoms with van der Waals surface area (Å²) < 4.78 is 1.79. The van der Waals surface area contributed by atoms with Crippen molar-refractivity contribution in [3.05, 3.63) is 12.2 Å². The molecule has 0 aliphatic carbocycles. The Balaban J connectivity index is 2.35. The van der Waals surface area contributed by atoms with Crippen LogP contribution in [0.15, 0.2) is 6.33 Å². The highest BCUT2D eigenvalue weighted by molar-refractivity contribution is 5.81. The van der Waals surface area contributed by atoms with Crippen LogP contribution in [0.5, 0.6) is 0 Å². The number of carbonyl (C=O) groups is 1. The second-order valence-electron chi connectivity index (χ2n) is 3.38. The lowest BCUT2D eigenvalue weighted by molar-refractivity contribution is -0.122. The summed E-state index contributed by atoms with van der Waals surface area (Å²) in [6.07, 6.45) is 6.65. The molecule has 1 atom stereocenters. The Morgan fingerprint density at radius 3 is 3.06 bits per heavy atom. The number of carbonyl (C=O) groups excluding carboxylic acids is 1. The monoisotopic (exact) mass is 221 g/mol. The van der Waals surface area contributed by atoms with E-state index in [-0.39, 0.29) is 18.5 Å². The van der Waals surface area contributed by atoms with Crippen molar-refractivity contribution in [2.45, 2.75) is 19.5 Å². The molecule has 1 heterocycles. The van der Waals surface area contributed by atoms with Gasteiger partial charge >= 0.3 is 0 Å². The van der Waals surface area contributed by atoms with Gasteiger partial charge < -0.3 is 9.88 Å². The molecule has 0 fully saturated rings. The van der Waals surface area contributed by atoms with Crippen LogP contribution in [0.1, 0.15) is 12.7 Å². The molecule has 2 N–H and O–H groups in total. The lowest BCUT2D eigenvalue weighted by atomic mass is 10.3. The highest BCUT2D eigenvalue weighted by atomic mass is 16.2.